The summed E-state index contributed by atoms with van der Waals surface area (Å²) in [6, 6.07) is 2.52. The number of hydrogen-bond donors (Lipinski definition) is 2. The first kappa shape index (κ1) is 14.4. The summed E-state index contributed by atoms with van der Waals surface area (Å²) >= 11 is 5.56. The second-order valence-corrected chi connectivity index (χ2v) is 4.59. The Morgan fingerprint density at radius 3 is 2.44 bits per heavy atom. The molecule has 1 aromatic rings. The topological polar surface area (TPSA) is 66.4 Å². The first-order valence-corrected chi connectivity index (χ1v) is 5.69. The van der Waals surface area contributed by atoms with Gasteiger partial charge in [0.05, 0.1) is 5.56 Å². The lowest BCUT2D eigenvalue weighted by Crippen LogP contribution is -2.44. The van der Waals surface area contributed by atoms with Crippen molar-refractivity contribution in [1.82, 2.24) is 5.32 Å². The highest BCUT2D eigenvalue weighted by atomic mass is 35.5. The quantitative estimate of drug-likeness (QED) is 0.885. The minimum atomic E-state index is -1.16. The Bertz CT molecular complexity index is 476. The highest BCUT2D eigenvalue weighted by Gasteiger charge is 2.25. The highest BCUT2D eigenvalue weighted by molar-refractivity contribution is 6.30. The lowest BCUT2D eigenvalue weighted by atomic mass is 10.0. The molecule has 0 heterocycles. The third-order valence-electron chi connectivity index (χ3n) is 2.40. The van der Waals surface area contributed by atoms with Crippen molar-refractivity contribution in [2.24, 2.45) is 5.92 Å². The smallest absolute Gasteiger partial charge is 0.326 e. The van der Waals surface area contributed by atoms with Crippen LogP contribution >= 0.6 is 11.6 Å². The molecule has 0 bridgehead atoms. The molecule has 0 aliphatic carbocycles. The van der Waals surface area contributed by atoms with Gasteiger partial charge in [0.25, 0.3) is 5.91 Å². The number of carboxylic acids is 1. The lowest BCUT2D eigenvalue weighted by Gasteiger charge is -2.18. The molecule has 0 spiro atoms. The van der Waals surface area contributed by atoms with E-state index in [1.807, 2.05) is 0 Å². The van der Waals surface area contributed by atoms with Gasteiger partial charge in [0, 0.05) is 5.02 Å². The number of aliphatic carboxylic acids is 1. The SMILES string of the molecule is CC(C)[C@@H](NC(=O)c1ccc(Cl)cc1F)C(=O)O. The third-order valence-corrected chi connectivity index (χ3v) is 2.63. The van der Waals surface area contributed by atoms with Crippen LogP contribution in [-0.4, -0.2) is 23.0 Å². The summed E-state index contributed by atoms with van der Waals surface area (Å²) in [5, 5.41) is 11.4. The zero-order chi connectivity index (χ0) is 13.9. The van der Waals surface area contributed by atoms with Gasteiger partial charge in [-0.25, -0.2) is 9.18 Å². The van der Waals surface area contributed by atoms with Gasteiger partial charge in [-0.15, -0.1) is 0 Å². The number of carbonyl (C=O) groups is 2. The first-order valence-electron chi connectivity index (χ1n) is 5.31. The van der Waals surface area contributed by atoms with E-state index in [-0.39, 0.29) is 16.5 Å². The fourth-order valence-electron chi connectivity index (χ4n) is 1.41. The van der Waals surface area contributed by atoms with Crippen molar-refractivity contribution >= 4 is 23.5 Å². The number of hydrogen-bond acceptors (Lipinski definition) is 2. The zero-order valence-corrected chi connectivity index (χ0v) is 10.7. The Morgan fingerprint density at radius 1 is 1.39 bits per heavy atom. The number of carbonyl (C=O) groups excluding carboxylic acids is 1. The minimum Gasteiger partial charge on any atom is -0.480 e. The van der Waals surface area contributed by atoms with Crippen LogP contribution in [0.1, 0.15) is 24.2 Å². The summed E-state index contributed by atoms with van der Waals surface area (Å²) in [4.78, 5) is 22.7. The largest absolute Gasteiger partial charge is 0.480 e. The second kappa shape index (κ2) is 5.82. The number of nitrogens with one attached hydrogen (secondary N) is 1. The van der Waals surface area contributed by atoms with Gasteiger partial charge in [-0.1, -0.05) is 25.4 Å². The summed E-state index contributed by atoms with van der Waals surface area (Å²) in [5.41, 5.74) is -0.230. The molecule has 2 N–H and O–H groups in total. The van der Waals surface area contributed by atoms with E-state index in [4.69, 9.17) is 16.7 Å². The maximum absolute atomic E-state index is 13.5. The number of rotatable bonds is 4. The summed E-state index contributed by atoms with van der Waals surface area (Å²) in [6.45, 7) is 3.30. The average molecular weight is 274 g/mol. The van der Waals surface area contributed by atoms with Crippen LogP contribution in [0.2, 0.25) is 5.02 Å². The molecule has 0 saturated heterocycles. The number of amides is 1. The minimum absolute atomic E-state index is 0.169. The van der Waals surface area contributed by atoms with E-state index in [1.165, 1.54) is 12.1 Å². The van der Waals surface area contributed by atoms with Crippen molar-refractivity contribution in [3.8, 4) is 0 Å². The monoisotopic (exact) mass is 273 g/mol. The molecule has 6 heteroatoms. The van der Waals surface area contributed by atoms with E-state index in [0.717, 1.165) is 6.07 Å². The van der Waals surface area contributed by atoms with Crippen molar-refractivity contribution in [3.63, 3.8) is 0 Å². The number of carboxylic acid groups (broad SMARTS) is 1. The van der Waals surface area contributed by atoms with Gasteiger partial charge in [0.2, 0.25) is 0 Å². The Balaban J connectivity index is 2.91. The van der Waals surface area contributed by atoms with Crippen LogP contribution in [0.15, 0.2) is 18.2 Å². The highest BCUT2D eigenvalue weighted by Crippen LogP contribution is 2.15. The van der Waals surface area contributed by atoms with Crippen molar-refractivity contribution in [1.29, 1.82) is 0 Å². The van der Waals surface area contributed by atoms with Gasteiger partial charge in [-0.2, -0.15) is 0 Å². The molecule has 1 aromatic carbocycles. The number of halogens is 2. The Hall–Kier alpha value is -1.62. The van der Waals surface area contributed by atoms with Crippen molar-refractivity contribution in [2.75, 3.05) is 0 Å². The normalized spacial score (nSPS) is 12.3. The van der Waals surface area contributed by atoms with Gasteiger partial charge in [-0.3, -0.25) is 4.79 Å². The van der Waals surface area contributed by atoms with Crippen LogP contribution in [0.4, 0.5) is 4.39 Å². The molecule has 1 amide bonds. The van der Waals surface area contributed by atoms with E-state index in [1.54, 1.807) is 13.8 Å². The van der Waals surface area contributed by atoms with E-state index >= 15 is 0 Å². The van der Waals surface area contributed by atoms with Crippen molar-refractivity contribution in [2.45, 2.75) is 19.9 Å². The van der Waals surface area contributed by atoms with Gasteiger partial charge < -0.3 is 10.4 Å². The Labute approximate surface area is 109 Å². The zero-order valence-electron chi connectivity index (χ0n) is 9.91. The van der Waals surface area contributed by atoms with Gasteiger partial charge in [0.15, 0.2) is 0 Å². The van der Waals surface area contributed by atoms with E-state index < -0.39 is 23.7 Å². The average Bonchev–Trinajstić information content (AvgIpc) is 2.24. The van der Waals surface area contributed by atoms with E-state index in [9.17, 15) is 14.0 Å². The summed E-state index contributed by atoms with van der Waals surface area (Å²) in [5.74, 6) is -3.02. The lowest BCUT2D eigenvalue weighted by molar-refractivity contribution is -0.140. The van der Waals surface area contributed by atoms with Crippen LogP contribution in [0.25, 0.3) is 0 Å². The molecular weight excluding hydrogens is 261 g/mol. The fraction of sp³-hybridized carbons (Fsp3) is 0.333. The van der Waals surface area contributed by atoms with Crippen LogP contribution in [0.5, 0.6) is 0 Å². The molecule has 0 radical (unpaired) electrons. The molecule has 18 heavy (non-hydrogen) atoms. The van der Waals surface area contributed by atoms with Gasteiger partial charge >= 0.3 is 5.97 Å². The molecule has 0 unspecified atom stereocenters. The predicted molar refractivity (Wildman–Crippen MR) is 65.1 cm³/mol. The van der Waals surface area contributed by atoms with Crippen molar-refractivity contribution < 1.29 is 19.1 Å². The molecule has 0 aliphatic rings. The van der Waals surface area contributed by atoms with Crippen LogP contribution in [-0.2, 0) is 4.79 Å². The summed E-state index contributed by atoms with van der Waals surface area (Å²) in [7, 11) is 0. The standard InChI is InChI=1S/C12H13ClFNO3/c1-6(2)10(12(17)18)15-11(16)8-4-3-7(13)5-9(8)14/h3-6,10H,1-2H3,(H,15,16)(H,17,18)/t10-/m1/s1. The maximum Gasteiger partial charge on any atom is 0.326 e. The van der Waals surface area contributed by atoms with E-state index in [2.05, 4.69) is 5.32 Å². The van der Waals surface area contributed by atoms with Gasteiger partial charge in [-0.05, 0) is 24.1 Å². The Kier molecular flexibility index (Phi) is 4.67. The molecule has 1 atom stereocenters. The number of benzene rings is 1. The van der Waals surface area contributed by atoms with Gasteiger partial charge in [0.1, 0.15) is 11.9 Å². The third kappa shape index (κ3) is 3.43. The molecular formula is C12H13ClFNO3. The molecule has 1 rings (SSSR count). The van der Waals surface area contributed by atoms with Crippen LogP contribution < -0.4 is 5.32 Å². The first-order chi connectivity index (χ1) is 8.32. The molecule has 4 nitrogen and oxygen atoms in total. The molecule has 98 valence electrons. The molecule has 0 saturated carbocycles. The summed E-state index contributed by atoms with van der Waals surface area (Å²) < 4.78 is 13.5. The van der Waals surface area contributed by atoms with Crippen LogP contribution in [0, 0.1) is 11.7 Å². The fourth-order valence-corrected chi connectivity index (χ4v) is 1.56. The van der Waals surface area contributed by atoms with Crippen molar-refractivity contribution in [3.05, 3.63) is 34.6 Å². The molecule has 0 aromatic heterocycles. The molecule has 0 aliphatic heterocycles. The maximum atomic E-state index is 13.5. The Morgan fingerprint density at radius 2 is 2.00 bits per heavy atom. The second-order valence-electron chi connectivity index (χ2n) is 4.16. The van der Waals surface area contributed by atoms with Crippen LogP contribution in [0.3, 0.4) is 0 Å². The summed E-state index contributed by atoms with van der Waals surface area (Å²) in [6.07, 6.45) is 0. The predicted octanol–water partition coefficient (Wildman–Crippen LogP) is 2.32. The van der Waals surface area contributed by atoms with E-state index in [0.29, 0.717) is 0 Å². The molecule has 0 fully saturated rings.